The number of aromatic nitrogens is 2. The van der Waals surface area contributed by atoms with Crippen LogP contribution in [-0.4, -0.2) is 39.4 Å². The molecule has 1 atom stereocenters. The molecule has 2 rings (SSSR count). The van der Waals surface area contributed by atoms with Gasteiger partial charge in [0.05, 0.1) is 11.0 Å². The molecule has 1 aromatic heterocycles. The van der Waals surface area contributed by atoms with E-state index in [2.05, 4.69) is 29.4 Å². The first kappa shape index (κ1) is 19.9. The van der Waals surface area contributed by atoms with E-state index in [4.69, 9.17) is 0 Å². The van der Waals surface area contributed by atoms with Gasteiger partial charge in [0, 0.05) is 12.1 Å². The van der Waals surface area contributed by atoms with Gasteiger partial charge in [0.25, 0.3) is 0 Å². The Morgan fingerprint density at radius 1 is 1.12 bits per heavy atom. The molecule has 0 aliphatic carbocycles. The summed E-state index contributed by atoms with van der Waals surface area (Å²) in [6.07, 6.45) is 0. The number of carbonyl (C=O) groups is 2. The number of benzene rings is 1. The number of hydrogen-bond acceptors (Lipinski definition) is 7. The molecular formula is C17H21N3O2S3. The molecular weight excluding hydrogens is 374 g/mol. The zero-order valence-corrected chi connectivity index (χ0v) is 16.8. The largest absolute Gasteiger partial charge is 0.355 e. The van der Waals surface area contributed by atoms with Crippen LogP contribution in [0.3, 0.4) is 0 Å². The molecule has 0 fully saturated rings. The molecule has 1 heterocycles. The van der Waals surface area contributed by atoms with E-state index in [0.717, 1.165) is 8.68 Å². The monoisotopic (exact) mass is 395 g/mol. The minimum absolute atomic E-state index is 0.00218. The summed E-state index contributed by atoms with van der Waals surface area (Å²) >= 11 is 4.18. The number of Topliss-reactive ketones (excluding diaryl/α,β-unsaturated/α-hetero) is 1. The Morgan fingerprint density at radius 2 is 1.80 bits per heavy atom. The molecule has 134 valence electrons. The highest BCUT2D eigenvalue weighted by Gasteiger charge is 2.17. The average molecular weight is 396 g/mol. The van der Waals surface area contributed by atoms with Crippen molar-refractivity contribution in [2.75, 3.05) is 12.3 Å². The van der Waals surface area contributed by atoms with Crippen molar-refractivity contribution in [1.29, 1.82) is 0 Å². The van der Waals surface area contributed by atoms with Crippen LogP contribution in [0.2, 0.25) is 0 Å². The van der Waals surface area contributed by atoms with Crippen molar-refractivity contribution in [2.45, 2.75) is 34.7 Å². The lowest BCUT2D eigenvalue weighted by atomic mass is 10.2. The van der Waals surface area contributed by atoms with E-state index in [1.807, 2.05) is 37.3 Å². The van der Waals surface area contributed by atoms with E-state index < -0.39 is 0 Å². The van der Waals surface area contributed by atoms with Crippen molar-refractivity contribution in [3.63, 3.8) is 0 Å². The molecule has 0 aliphatic heterocycles. The second kappa shape index (κ2) is 9.94. The summed E-state index contributed by atoms with van der Waals surface area (Å²) in [4.78, 5) is 24.1. The lowest BCUT2D eigenvalue weighted by molar-refractivity contribution is -0.120. The Morgan fingerprint density at radius 3 is 2.48 bits per heavy atom. The van der Waals surface area contributed by atoms with Crippen molar-refractivity contribution in [3.8, 4) is 0 Å². The number of thioether (sulfide) groups is 2. The number of nitrogens with zero attached hydrogens (tertiary/aromatic N) is 2. The lowest BCUT2D eigenvalue weighted by Crippen LogP contribution is -2.33. The second-order valence-electron chi connectivity index (χ2n) is 5.81. The van der Waals surface area contributed by atoms with Gasteiger partial charge < -0.3 is 5.32 Å². The van der Waals surface area contributed by atoms with E-state index in [-0.39, 0.29) is 16.9 Å². The first-order valence-corrected chi connectivity index (χ1v) is 10.6. The number of rotatable bonds is 9. The highest BCUT2D eigenvalue weighted by molar-refractivity contribution is 8.04. The molecule has 2 aromatic rings. The van der Waals surface area contributed by atoms with Crippen molar-refractivity contribution in [1.82, 2.24) is 15.5 Å². The number of ketones is 1. The van der Waals surface area contributed by atoms with Gasteiger partial charge in [-0.2, -0.15) is 0 Å². The maximum Gasteiger partial charge on any atom is 0.233 e. The van der Waals surface area contributed by atoms with Crippen molar-refractivity contribution < 1.29 is 9.59 Å². The molecule has 25 heavy (non-hydrogen) atoms. The van der Waals surface area contributed by atoms with E-state index in [0.29, 0.717) is 23.8 Å². The SMILES string of the molecule is CC(C)CNC(=O)[C@H](C)Sc1nnc(SCC(=O)c2ccccc2)s1. The fraction of sp³-hybridized carbons (Fsp3) is 0.412. The topological polar surface area (TPSA) is 72.0 Å². The van der Waals surface area contributed by atoms with Gasteiger partial charge in [0.2, 0.25) is 5.91 Å². The summed E-state index contributed by atoms with van der Waals surface area (Å²) in [5.41, 5.74) is 0.699. The van der Waals surface area contributed by atoms with E-state index >= 15 is 0 Å². The zero-order chi connectivity index (χ0) is 18.2. The Balaban J connectivity index is 1.81. The van der Waals surface area contributed by atoms with Crippen LogP contribution >= 0.6 is 34.9 Å². The van der Waals surface area contributed by atoms with Crippen LogP contribution in [0.25, 0.3) is 0 Å². The fourth-order valence-corrected chi connectivity index (χ4v) is 4.87. The van der Waals surface area contributed by atoms with E-state index in [9.17, 15) is 9.59 Å². The molecule has 1 amide bonds. The fourth-order valence-electron chi connectivity index (χ4n) is 1.79. The summed E-state index contributed by atoms with van der Waals surface area (Å²) in [6.45, 7) is 6.64. The molecule has 5 nitrogen and oxygen atoms in total. The minimum Gasteiger partial charge on any atom is -0.355 e. The van der Waals surface area contributed by atoms with Crippen molar-refractivity contribution in [2.24, 2.45) is 5.92 Å². The van der Waals surface area contributed by atoms with Crippen LogP contribution in [0.5, 0.6) is 0 Å². The summed E-state index contributed by atoms with van der Waals surface area (Å²) in [5, 5.41) is 10.9. The Labute approximate surface area is 160 Å². The normalized spacial score (nSPS) is 12.2. The van der Waals surface area contributed by atoms with Gasteiger partial charge in [-0.05, 0) is 12.8 Å². The first-order valence-electron chi connectivity index (χ1n) is 7.94. The van der Waals surface area contributed by atoms with Gasteiger partial charge in [0.15, 0.2) is 14.5 Å². The van der Waals surface area contributed by atoms with E-state index in [1.54, 1.807) is 0 Å². The Hall–Kier alpha value is -1.38. The number of carbonyl (C=O) groups excluding carboxylic acids is 2. The Bertz CT molecular complexity index is 704. The third kappa shape index (κ3) is 6.80. The highest BCUT2D eigenvalue weighted by atomic mass is 32.2. The van der Waals surface area contributed by atoms with Gasteiger partial charge in [-0.25, -0.2) is 0 Å². The van der Waals surface area contributed by atoms with Crippen molar-refractivity contribution in [3.05, 3.63) is 35.9 Å². The third-order valence-electron chi connectivity index (χ3n) is 3.14. The third-order valence-corrected chi connectivity index (χ3v) is 6.38. The summed E-state index contributed by atoms with van der Waals surface area (Å²) < 4.78 is 1.48. The molecule has 0 aliphatic rings. The van der Waals surface area contributed by atoms with E-state index in [1.165, 1.54) is 34.9 Å². The number of nitrogens with one attached hydrogen (secondary N) is 1. The smallest absolute Gasteiger partial charge is 0.233 e. The van der Waals surface area contributed by atoms with Crippen LogP contribution < -0.4 is 5.32 Å². The van der Waals surface area contributed by atoms with Gasteiger partial charge in [-0.3, -0.25) is 9.59 Å². The molecule has 1 N–H and O–H groups in total. The van der Waals surface area contributed by atoms with Crippen LogP contribution in [-0.2, 0) is 4.79 Å². The number of amides is 1. The predicted octanol–water partition coefficient (Wildman–Crippen LogP) is 3.77. The zero-order valence-electron chi connectivity index (χ0n) is 14.4. The maximum atomic E-state index is 12.1. The minimum atomic E-state index is -0.226. The predicted molar refractivity (Wildman–Crippen MR) is 105 cm³/mol. The quantitative estimate of drug-likeness (QED) is 0.515. The molecule has 0 saturated heterocycles. The molecule has 8 heteroatoms. The highest BCUT2D eigenvalue weighted by Crippen LogP contribution is 2.31. The standard InChI is InChI=1S/C17H21N3O2S3/c1-11(2)9-18-15(22)12(3)24-17-20-19-16(25-17)23-10-14(21)13-7-5-4-6-8-13/h4-8,11-12H,9-10H2,1-3H3,(H,18,22)/t12-/m0/s1. The lowest BCUT2D eigenvalue weighted by Gasteiger charge is -2.11. The molecule has 0 bridgehead atoms. The van der Waals surface area contributed by atoms with Crippen LogP contribution in [0.4, 0.5) is 0 Å². The van der Waals surface area contributed by atoms with Crippen molar-refractivity contribution >= 4 is 46.6 Å². The van der Waals surface area contributed by atoms with Gasteiger partial charge >= 0.3 is 0 Å². The summed E-state index contributed by atoms with van der Waals surface area (Å²) in [6, 6.07) is 9.20. The summed E-state index contributed by atoms with van der Waals surface area (Å²) in [7, 11) is 0. The molecule has 1 aromatic carbocycles. The summed E-state index contributed by atoms with van der Waals surface area (Å²) in [5.74, 6) is 0.819. The molecule has 0 radical (unpaired) electrons. The van der Waals surface area contributed by atoms with Gasteiger partial charge in [0.1, 0.15) is 0 Å². The molecule has 0 saturated carbocycles. The van der Waals surface area contributed by atoms with Gasteiger partial charge in [-0.1, -0.05) is 79.0 Å². The molecule has 0 unspecified atom stereocenters. The van der Waals surface area contributed by atoms with Crippen LogP contribution in [0.15, 0.2) is 39.0 Å². The first-order chi connectivity index (χ1) is 12.0. The van der Waals surface area contributed by atoms with Gasteiger partial charge in [-0.15, -0.1) is 10.2 Å². The Kier molecular flexibility index (Phi) is 7.92. The average Bonchev–Trinajstić information content (AvgIpc) is 3.05. The second-order valence-corrected chi connectivity index (χ2v) is 9.60. The van der Waals surface area contributed by atoms with Crippen LogP contribution in [0, 0.1) is 5.92 Å². The van der Waals surface area contributed by atoms with Crippen LogP contribution in [0.1, 0.15) is 31.1 Å². The maximum absolute atomic E-state index is 12.1. The number of hydrogen-bond donors (Lipinski definition) is 1. The molecule has 0 spiro atoms.